The number of hydrogen-bond donors (Lipinski definition) is 2. The maximum Gasteiger partial charge on any atom is 0.410 e. The second kappa shape index (κ2) is 7.50. The zero-order chi connectivity index (χ0) is 17.9. The van der Waals surface area contributed by atoms with E-state index in [2.05, 4.69) is 5.32 Å². The average Bonchev–Trinajstić information content (AvgIpc) is 3.10. The summed E-state index contributed by atoms with van der Waals surface area (Å²) in [6, 6.07) is 1.63. The standard InChI is InChI=1S/C16H24N2O5S/c1-16(2,3)23-15(21)18-7-12(13(8-18)22-4)17-6-11-5-10(9-24-11)14(19)20/h5,9,12-13,17H,6-8H2,1-4H3,(H,19,20)/t12?,13-/m0/s1. The number of methoxy groups -OCH3 is 1. The highest BCUT2D eigenvalue weighted by Gasteiger charge is 2.37. The zero-order valence-corrected chi connectivity index (χ0v) is 15.2. The Hall–Kier alpha value is -1.64. The summed E-state index contributed by atoms with van der Waals surface area (Å²) < 4.78 is 10.9. The topological polar surface area (TPSA) is 88.1 Å². The van der Waals surface area contributed by atoms with Crippen molar-refractivity contribution in [3.8, 4) is 0 Å². The number of carbonyl (C=O) groups is 2. The number of carboxylic acids is 1. The number of aromatic carboxylic acids is 1. The van der Waals surface area contributed by atoms with Gasteiger partial charge in [0.05, 0.1) is 24.3 Å². The molecule has 0 saturated carbocycles. The van der Waals surface area contributed by atoms with Gasteiger partial charge in [-0.2, -0.15) is 0 Å². The van der Waals surface area contributed by atoms with E-state index in [-0.39, 0.29) is 18.2 Å². The molecule has 0 spiro atoms. The highest BCUT2D eigenvalue weighted by atomic mass is 32.1. The Morgan fingerprint density at radius 3 is 2.67 bits per heavy atom. The first kappa shape index (κ1) is 18.7. The third-order valence-electron chi connectivity index (χ3n) is 3.66. The van der Waals surface area contributed by atoms with Gasteiger partial charge in [-0.15, -0.1) is 11.3 Å². The van der Waals surface area contributed by atoms with Crippen molar-refractivity contribution in [2.75, 3.05) is 20.2 Å². The average molecular weight is 356 g/mol. The molecule has 1 unspecified atom stereocenters. The van der Waals surface area contributed by atoms with Crippen LogP contribution in [0.15, 0.2) is 11.4 Å². The number of nitrogens with one attached hydrogen (secondary N) is 1. The van der Waals surface area contributed by atoms with Crippen LogP contribution in [0.4, 0.5) is 4.79 Å². The van der Waals surface area contributed by atoms with Crippen LogP contribution in [0.2, 0.25) is 0 Å². The lowest BCUT2D eigenvalue weighted by atomic mass is 10.2. The van der Waals surface area contributed by atoms with Gasteiger partial charge in [-0.1, -0.05) is 0 Å². The second-order valence-corrected chi connectivity index (χ2v) is 7.75. The number of rotatable bonds is 5. The van der Waals surface area contributed by atoms with Crippen LogP contribution in [0.25, 0.3) is 0 Å². The van der Waals surface area contributed by atoms with E-state index >= 15 is 0 Å². The second-order valence-electron chi connectivity index (χ2n) is 6.75. The van der Waals surface area contributed by atoms with Crippen molar-refractivity contribution in [3.63, 3.8) is 0 Å². The number of carbonyl (C=O) groups excluding carboxylic acids is 1. The van der Waals surface area contributed by atoms with Crippen molar-refractivity contribution in [2.24, 2.45) is 0 Å². The predicted octanol–water partition coefficient (Wildman–Crippen LogP) is 2.17. The Morgan fingerprint density at radius 1 is 1.42 bits per heavy atom. The highest BCUT2D eigenvalue weighted by molar-refractivity contribution is 7.10. The lowest BCUT2D eigenvalue weighted by Gasteiger charge is -2.24. The summed E-state index contributed by atoms with van der Waals surface area (Å²) in [5, 5.41) is 13.9. The molecule has 2 rings (SSSR count). The number of amides is 1. The lowest BCUT2D eigenvalue weighted by Crippen LogP contribution is -2.40. The van der Waals surface area contributed by atoms with Gasteiger partial charge in [0.25, 0.3) is 0 Å². The Morgan fingerprint density at radius 2 is 2.12 bits per heavy atom. The number of carboxylic acid groups (broad SMARTS) is 1. The molecule has 1 aliphatic heterocycles. The van der Waals surface area contributed by atoms with Crippen molar-refractivity contribution in [1.29, 1.82) is 0 Å². The van der Waals surface area contributed by atoms with Crippen molar-refractivity contribution < 1.29 is 24.2 Å². The molecule has 1 aromatic heterocycles. The Balaban J connectivity index is 1.92. The Kier molecular flexibility index (Phi) is 5.84. The van der Waals surface area contributed by atoms with E-state index in [0.29, 0.717) is 25.2 Å². The van der Waals surface area contributed by atoms with E-state index in [4.69, 9.17) is 14.6 Å². The molecule has 2 N–H and O–H groups in total. The van der Waals surface area contributed by atoms with Gasteiger partial charge in [0.2, 0.25) is 0 Å². The molecule has 0 bridgehead atoms. The Bertz CT molecular complexity index is 596. The molecule has 0 radical (unpaired) electrons. The van der Waals surface area contributed by atoms with E-state index in [1.165, 1.54) is 11.3 Å². The van der Waals surface area contributed by atoms with Crippen LogP contribution >= 0.6 is 11.3 Å². The van der Waals surface area contributed by atoms with Gasteiger partial charge in [0.1, 0.15) is 5.60 Å². The fourth-order valence-corrected chi connectivity index (χ4v) is 3.31. The van der Waals surface area contributed by atoms with Gasteiger partial charge in [-0.05, 0) is 26.8 Å². The number of hydrogen-bond acceptors (Lipinski definition) is 6. The maximum atomic E-state index is 12.2. The van der Waals surface area contributed by atoms with Gasteiger partial charge in [0, 0.05) is 30.5 Å². The van der Waals surface area contributed by atoms with Crippen LogP contribution in [0, 0.1) is 0 Å². The number of likely N-dealkylation sites (tertiary alicyclic amines) is 1. The van der Waals surface area contributed by atoms with Crippen LogP contribution in [-0.2, 0) is 16.0 Å². The molecule has 134 valence electrons. The van der Waals surface area contributed by atoms with Crippen molar-refractivity contribution in [3.05, 3.63) is 21.9 Å². The normalized spacial score (nSPS) is 21.1. The third-order valence-corrected chi connectivity index (χ3v) is 4.60. The highest BCUT2D eigenvalue weighted by Crippen LogP contribution is 2.19. The van der Waals surface area contributed by atoms with Gasteiger partial charge < -0.3 is 24.8 Å². The summed E-state index contributed by atoms with van der Waals surface area (Å²) in [5.74, 6) is -0.927. The lowest BCUT2D eigenvalue weighted by molar-refractivity contribution is 0.0252. The Labute approximate surface area is 145 Å². The maximum absolute atomic E-state index is 12.2. The van der Waals surface area contributed by atoms with Crippen molar-refractivity contribution in [1.82, 2.24) is 10.2 Å². The minimum absolute atomic E-state index is 0.0297. The summed E-state index contributed by atoms with van der Waals surface area (Å²) in [6.07, 6.45) is -0.477. The molecular formula is C16H24N2O5S. The minimum Gasteiger partial charge on any atom is -0.478 e. The first-order valence-electron chi connectivity index (χ1n) is 7.74. The molecule has 1 saturated heterocycles. The van der Waals surface area contributed by atoms with E-state index in [9.17, 15) is 9.59 Å². The van der Waals surface area contributed by atoms with Crippen LogP contribution in [0.5, 0.6) is 0 Å². The van der Waals surface area contributed by atoms with E-state index in [1.807, 2.05) is 20.8 Å². The van der Waals surface area contributed by atoms with Crippen LogP contribution in [-0.4, -0.2) is 60.0 Å². The fourth-order valence-electron chi connectivity index (χ4n) is 2.50. The molecule has 1 aromatic rings. The molecule has 0 aromatic carbocycles. The molecule has 2 atom stereocenters. The SMILES string of the molecule is CO[C@H]1CN(C(=O)OC(C)(C)C)CC1NCc1cc(C(=O)O)cs1. The van der Waals surface area contributed by atoms with E-state index in [0.717, 1.165) is 4.88 Å². The molecule has 1 fully saturated rings. The molecule has 8 heteroatoms. The monoisotopic (exact) mass is 356 g/mol. The predicted molar refractivity (Wildman–Crippen MR) is 90.5 cm³/mol. The van der Waals surface area contributed by atoms with Crippen LogP contribution in [0.1, 0.15) is 36.0 Å². The quantitative estimate of drug-likeness (QED) is 0.841. The van der Waals surface area contributed by atoms with Gasteiger partial charge in [-0.3, -0.25) is 0 Å². The molecule has 1 aliphatic rings. The summed E-state index contributed by atoms with van der Waals surface area (Å²) in [6.45, 7) is 6.99. The number of ether oxygens (including phenoxy) is 2. The first-order chi connectivity index (χ1) is 11.2. The van der Waals surface area contributed by atoms with Crippen molar-refractivity contribution in [2.45, 2.75) is 45.1 Å². The number of thiophene rings is 1. The van der Waals surface area contributed by atoms with Gasteiger partial charge in [-0.25, -0.2) is 9.59 Å². The molecular weight excluding hydrogens is 332 g/mol. The van der Waals surface area contributed by atoms with Crippen LogP contribution in [0.3, 0.4) is 0 Å². The minimum atomic E-state index is -0.927. The largest absolute Gasteiger partial charge is 0.478 e. The summed E-state index contributed by atoms with van der Waals surface area (Å²) in [5.41, 5.74) is -0.239. The van der Waals surface area contributed by atoms with E-state index in [1.54, 1.807) is 23.5 Å². The number of nitrogens with zero attached hydrogens (tertiary/aromatic N) is 1. The smallest absolute Gasteiger partial charge is 0.410 e. The van der Waals surface area contributed by atoms with Gasteiger partial charge in [0.15, 0.2) is 0 Å². The van der Waals surface area contributed by atoms with Gasteiger partial charge >= 0.3 is 12.1 Å². The molecule has 1 amide bonds. The first-order valence-corrected chi connectivity index (χ1v) is 8.62. The summed E-state index contributed by atoms with van der Waals surface area (Å²) in [7, 11) is 1.62. The summed E-state index contributed by atoms with van der Waals surface area (Å²) in [4.78, 5) is 25.7. The van der Waals surface area contributed by atoms with Crippen LogP contribution < -0.4 is 5.32 Å². The molecule has 7 nitrogen and oxygen atoms in total. The molecule has 24 heavy (non-hydrogen) atoms. The zero-order valence-electron chi connectivity index (χ0n) is 14.4. The fraction of sp³-hybridized carbons (Fsp3) is 0.625. The molecule has 2 heterocycles. The molecule has 0 aliphatic carbocycles. The van der Waals surface area contributed by atoms with E-state index < -0.39 is 11.6 Å². The van der Waals surface area contributed by atoms with Crippen molar-refractivity contribution >= 4 is 23.4 Å². The third kappa shape index (κ3) is 4.93. The summed E-state index contributed by atoms with van der Waals surface area (Å²) >= 11 is 1.40.